The van der Waals surface area contributed by atoms with Crippen LogP contribution in [-0.2, 0) is 13.2 Å². The second kappa shape index (κ2) is 8.97. The third-order valence-electron chi connectivity index (χ3n) is 4.95. The summed E-state index contributed by atoms with van der Waals surface area (Å²) >= 11 is 0. The van der Waals surface area contributed by atoms with E-state index in [0.717, 1.165) is 23.9 Å². The number of alkyl halides is 3. The van der Waals surface area contributed by atoms with Crippen molar-refractivity contribution in [2.45, 2.75) is 33.0 Å². The van der Waals surface area contributed by atoms with Gasteiger partial charge in [0.1, 0.15) is 11.5 Å². The smallest absolute Gasteiger partial charge is 0.419 e. The van der Waals surface area contributed by atoms with Crippen molar-refractivity contribution in [1.29, 1.82) is 0 Å². The Morgan fingerprint density at radius 3 is 2.33 bits per heavy atom. The summed E-state index contributed by atoms with van der Waals surface area (Å²) in [5.41, 5.74) is -0.337. The van der Waals surface area contributed by atoms with Gasteiger partial charge in [-0.2, -0.15) is 18.3 Å². The maximum Gasteiger partial charge on any atom is 0.419 e. The Hall–Kier alpha value is -3.82. The van der Waals surface area contributed by atoms with Gasteiger partial charge >= 0.3 is 12.1 Å². The van der Waals surface area contributed by atoms with E-state index in [1.165, 1.54) is 33.8 Å². The van der Waals surface area contributed by atoms with Gasteiger partial charge in [-0.25, -0.2) is 4.79 Å². The van der Waals surface area contributed by atoms with E-state index in [0.29, 0.717) is 0 Å². The first-order valence-corrected chi connectivity index (χ1v) is 9.95. The summed E-state index contributed by atoms with van der Waals surface area (Å²) < 4.78 is 46.7. The molecule has 1 amide bonds. The number of amides is 1. The zero-order valence-corrected chi connectivity index (χ0v) is 18.3. The van der Waals surface area contributed by atoms with Gasteiger partial charge in [0.05, 0.1) is 16.8 Å². The number of para-hydroxylation sites is 1. The van der Waals surface area contributed by atoms with Gasteiger partial charge < -0.3 is 14.7 Å². The fraction of sp³-hybridized carbons (Fsp3) is 0.261. The topological polar surface area (TPSA) is 84.7 Å². The number of aromatic nitrogens is 2. The summed E-state index contributed by atoms with van der Waals surface area (Å²) in [6.07, 6.45) is -4.65. The van der Waals surface area contributed by atoms with Crippen molar-refractivity contribution >= 4 is 17.6 Å². The first-order chi connectivity index (χ1) is 15.4. The van der Waals surface area contributed by atoms with E-state index >= 15 is 0 Å². The van der Waals surface area contributed by atoms with Crippen molar-refractivity contribution in [2.75, 3.05) is 4.90 Å². The molecule has 0 bridgehead atoms. The van der Waals surface area contributed by atoms with Crippen molar-refractivity contribution in [1.82, 2.24) is 9.78 Å². The molecule has 7 nitrogen and oxygen atoms in total. The van der Waals surface area contributed by atoms with Gasteiger partial charge in [0, 0.05) is 18.8 Å². The molecule has 0 fully saturated rings. The summed E-state index contributed by atoms with van der Waals surface area (Å²) in [5.74, 6) is -2.45. The van der Waals surface area contributed by atoms with E-state index in [1.807, 2.05) is 0 Å². The number of anilines is 1. The van der Waals surface area contributed by atoms with Crippen LogP contribution in [0.5, 0.6) is 11.5 Å². The van der Waals surface area contributed by atoms with Crippen LogP contribution in [0.2, 0.25) is 0 Å². The SMILES string of the molecule is Cc1cc(C(=O)N(c2ccc(Oc3ccccc3C(F)(F)F)cc2C(=O)O)C(C)C)nn1C. The molecule has 0 spiro atoms. The van der Waals surface area contributed by atoms with Crippen LogP contribution in [0.1, 0.15) is 46.0 Å². The van der Waals surface area contributed by atoms with E-state index < -0.39 is 35.4 Å². The molecule has 0 unspecified atom stereocenters. The third-order valence-corrected chi connectivity index (χ3v) is 4.95. The molecule has 0 aliphatic rings. The van der Waals surface area contributed by atoms with E-state index in [4.69, 9.17) is 4.74 Å². The van der Waals surface area contributed by atoms with Gasteiger partial charge in [0.15, 0.2) is 5.69 Å². The Bertz CT molecular complexity index is 1180. The van der Waals surface area contributed by atoms with Crippen LogP contribution < -0.4 is 9.64 Å². The molecule has 10 heteroatoms. The minimum Gasteiger partial charge on any atom is -0.478 e. The molecule has 2 aromatic carbocycles. The summed E-state index contributed by atoms with van der Waals surface area (Å²) in [6, 6.07) is 9.53. The van der Waals surface area contributed by atoms with Crippen molar-refractivity contribution in [3.05, 3.63) is 71.0 Å². The number of ether oxygens (including phenoxy) is 1. The Morgan fingerprint density at radius 2 is 1.79 bits per heavy atom. The van der Waals surface area contributed by atoms with Crippen LogP contribution >= 0.6 is 0 Å². The molecule has 0 radical (unpaired) electrons. The molecule has 3 rings (SSSR count). The van der Waals surface area contributed by atoms with Crippen LogP contribution in [0.3, 0.4) is 0 Å². The molecule has 0 atom stereocenters. The standard InChI is InChI=1S/C23H22F3N3O4/c1-13(2)29(21(30)18-11-14(3)28(4)27-18)19-10-9-15(12-16(19)22(31)32)33-20-8-6-5-7-17(20)23(24,25)26/h5-13H,1-4H3,(H,31,32). The van der Waals surface area contributed by atoms with Gasteiger partial charge in [0.2, 0.25) is 0 Å². The number of carbonyl (C=O) groups is 2. The number of aromatic carboxylic acids is 1. The quantitative estimate of drug-likeness (QED) is 0.539. The maximum absolute atomic E-state index is 13.3. The largest absolute Gasteiger partial charge is 0.478 e. The van der Waals surface area contributed by atoms with E-state index in [1.54, 1.807) is 33.9 Å². The average molecular weight is 461 g/mol. The van der Waals surface area contributed by atoms with Crippen molar-refractivity contribution in [2.24, 2.45) is 7.05 Å². The molecule has 3 aromatic rings. The summed E-state index contributed by atoms with van der Waals surface area (Å²) in [6.45, 7) is 5.20. The highest BCUT2D eigenvalue weighted by Crippen LogP contribution is 2.39. The summed E-state index contributed by atoms with van der Waals surface area (Å²) in [7, 11) is 1.68. The van der Waals surface area contributed by atoms with Gasteiger partial charge in [-0.3, -0.25) is 9.48 Å². The Labute approximate surface area is 188 Å². The van der Waals surface area contributed by atoms with E-state index in [9.17, 15) is 27.9 Å². The highest BCUT2D eigenvalue weighted by Gasteiger charge is 2.34. The average Bonchev–Trinajstić information content (AvgIpc) is 3.06. The zero-order chi connectivity index (χ0) is 24.5. The van der Waals surface area contributed by atoms with Gasteiger partial charge in [0.25, 0.3) is 5.91 Å². The molecule has 1 aromatic heterocycles. The number of carboxylic acids is 1. The third kappa shape index (κ3) is 5.00. The lowest BCUT2D eigenvalue weighted by molar-refractivity contribution is -0.138. The van der Waals surface area contributed by atoms with Crippen molar-refractivity contribution in [3.8, 4) is 11.5 Å². The number of benzene rings is 2. The molecular weight excluding hydrogens is 439 g/mol. The monoisotopic (exact) mass is 461 g/mol. The van der Waals surface area contributed by atoms with Gasteiger partial charge in [-0.05, 0) is 57.2 Å². The normalized spacial score (nSPS) is 11.5. The van der Waals surface area contributed by atoms with Crippen molar-refractivity contribution in [3.63, 3.8) is 0 Å². The Morgan fingerprint density at radius 1 is 1.12 bits per heavy atom. The summed E-state index contributed by atoms with van der Waals surface area (Å²) in [4.78, 5) is 26.4. The number of hydrogen-bond donors (Lipinski definition) is 1. The number of rotatable bonds is 6. The zero-order valence-electron chi connectivity index (χ0n) is 18.3. The van der Waals surface area contributed by atoms with Crippen LogP contribution in [0.25, 0.3) is 0 Å². The lowest BCUT2D eigenvalue weighted by atomic mass is 10.1. The predicted molar refractivity (Wildman–Crippen MR) is 115 cm³/mol. The predicted octanol–water partition coefficient (Wildman–Crippen LogP) is 5.29. The van der Waals surface area contributed by atoms with Crippen molar-refractivity contribution < 1.29 is 32.6 Å². The molecule has 1 heterocycles. The lowest BCUT2D eigenvalue weighted by Crippen LogP contribution is -2.38. The first kappa shape index (κ1) is 23.8. The highest BCUT2D eigenvalue weighted by molar-refractivity contribution is 6.09. The number of hydrogen-bond acceptors (Lipinski definition) is 4. The fourth-order valence-electron chi connectivity index (χ4n) is 3.29. The number of aryl methyl sites for hydroxylation is 2. The minimum absolute atomic E-state index is 0.0715. The molecule has 0 saturated carbocycles. The summed E-state index contributed by atoms with van der Waals surface area (Å²) in [5, 5.41) is 13.9. The van der Waals surface area contributed by atoms with Gasteiger partial charge in [-0.15, -0.1) is 0 Å². The molecular formula is C23H22F3N3O4. The Kier molecular flexibility index (Phi) is 6.48. The van der Waals surface area contributed by atoms with Crippen LogP contribution in [0, 0.1) is 6.92 Å². The molecule has 0 aliphatic carbocycles. The van der Waals surface area contributed by atoms with Gasteiger partial charge in [-0.1, -0.05) is 12.1 Å². The Balaban J connectivity index is 2.04. The number of halogens is 3. The second-order valence-electron chi connectivity index (χ2n) is 7.64. The number of carboxylic acid groups (broad SMARTS) is 1. The molecule has 33 heavy (non-hydrogen) atoms. The molecule has 174 valence electrons. The maximum atomic E-state index is 13.3. The molecule has 0 aliphatic heterocycles. The number of nitrogens with zero attached hydrogens (tertiary/aromatic N) is 3. The van der Waals surface area contributed by atoms with Crippen LogP contribution in [0.4, 0.5) is 18.9 Å². The molecule has 0 saturated heterocycles. The lowest BCUT2D eigenvalue weighted by Gasteiger charge is -2.27. The van der Waals surface area contributed by atoms with Crippen LogP contribution in [-0.4, -0.2) is 32.8 Å². The minimum atomic E-state index is -4.65. The fourth-order valence-corrected chi connectivity index (χ4v) is 3.29. The van der Waals surface area contributed by atoms with E-state index in [-0.39, 0.29) is 22.7 Å². The van der Waals surface area contributed by atoms with Crippen LogP contribution in [0.15, 0.2) is 48.5 Å². The second-order valence-corrected chi connectivity index (χ2v) is 7.64. The first-order valence-electron chi connectivity index (χ1n) is 9.95. The highest BCUT2D eigenvalue weighted by atomic mass is 19.4. The molecule has 1 N–H and O–H groups in total. The van der Waals surface area contributed by atoms with E-state index in [2.05, 4.69) is 5.10 Å². The number of carbonyl (C=O) groups excluding carboxylic acids is 1.